The summed E-state index contributed by atoms with van der Waals surface area (Å²) >= 11 is 0. The van der Waals surface area contributed by atoms with Crippen molar-refractivity contribution in [1.29, 1.82) is 0 Å². The zero-order valence-electron chi connectivity index (χ0n) is 17.3. The van der Waals surface area contributed by atoms with Gasteiger partial charge in [-0.15, -0.1) is 0 Å². The van der Waals surface area contributed by atoms with Gasteiger partial charge in [-0.25, -0.2) is 27.5 Å². The minimum absolute atomic E-state index is 0.0369. The molecule has 0 radical (unpaired) electrons. The molecule has 1 aromatic carbocycles. The first kappa shape index (κ1) is 22.4. The van der Waals surface area contributed by atoms with Crippen molar-refractivity contribution >= 4 is 27.7 Å². The van der Waals surface area contributed by atoms with Crippen molar-refractivity contribution in [2.75, 3.05) is 23.5 Å². The van der Waals surface area contributed by atoms with E-state index in [1.54, 1.807) is 7.05 Å². The van der Waals surface area contributed by atoms with Gasteiger partial charge in [-0.3, -0.25) is 13.6 Å². The van der Waals surface area contributed by atoms with Crippen LogP contribution in [-0.4, -0.2) is 37.3 Å². The molecule has 0 bridgehead atoms. The average molecular weight is 468 g/mol. The Balaban J connectivity index is 1.81. The molecule has 2 aromatic heterocycles. The number of anilines is 1. The third kappa shape index (κ3) is 3.78. The minimum atomic E-state index is -2.95. The molecule has 0 aliphatic carbocycles. The molecule has 0 saturated carbocycles. The number of hydrogen-bond donors (Lipinski definition) is 0. The van der Waals surface area contributed by atoms with E-state index in [-0.39, 0.29) is 47.1 Å². The third-order valence-electron chi connectivity index (χ3n) is 5.69. The highest BCUT2D eigenvalue weighted by Gasteiger charge is 2.42. The van der Waals surface area contributed by atoms with Crippen molar-refractivity contribution in [3.05, 3.63) is 63.5 Å². The molecule has 1 aliphatic rings. The second kappa shape index (κ2) is 8.27. The molecule has 1 aliphatic heterocycles. The first-order valence-electron chi connectivity index (χ1n) is 9.78. The smallest absolute Gasteiger partial charge is 0.266 e. The van der Waals surface area contributed by atoms with Crippen LogP contribution in [0.5, 0.6) is 0 Å². The van der Waals surface area contributed by atoms with E-state index in [2.05, 4.69) is 9.97 Å². The van der Waals surface area contributed by atoms with Crippen LogP contribution in [0, 0.1) is 5.82 Å². The highest BCUT2D eigenvalue weighted by molar-refractivity contribution is 7.85. The summed E-state index contributed by atoms with van der Waals surface area (Å²) < 4.78 is 69.2. The SMILES string of the molecule is CN(Cc1cccc(C(F)F)c1F)c1ncnc2c1cc(C1(F)CCS(=O)C1)c(=O)n2C. The second-order valence-electron chi connectivity index (χ2n) is 7.84. The number of aromatic nitrogens is 3. The summed E-state index contributed by atoms with van der Waals surface area (Å²) in [6, 6.07) is 5.13. The maximum Gasteiger partial charge on any atom is 0.266 e. The van der Waals surface area contributed by atoms with Gasteiger partial charge in [-0.05, 0) is 12.5 Å². The van der Waals surface area contributed by atoms with Gasteiger partial charge < -0.3 is 4.90 Å². The Bertz CT molecular complexity index is 1280. The monoisotopic (exact) mass is 468 g/mol. The number of alkyl halides is 3. The van der Waals surface area contributed by atoms with E-state index in [1.807, 2.05) is 0 Å². The largest absolute Gasteiger partial charge is 0.355 e. The third-order valence-corrected chi connectivity index (χ3v) is 7.13. The number of halogens is 4. The summed E-state index contributed by atoms with van der Waals surface area (Å²) in [4.78, 5) is 22.7. The maximum absolute atomic E-state index is 15.5. The number of rotatable bonds is 5. The molecular weight excluding hydrogens is 448 g/mol. The molecule has 6 nitrogen and oxygen atoms in total. The van der Waals surface area contributed by atoms with Crippen LogP contribution in [0.4, 0.5) is 23.4 Å². The van der Waals surface area contributed by atoms with Crippen molar-refractivity contribution in [2.45, 2.75) is 25.1 Å². The maximum atomic E-state index is 15.5. The van der Waals surface area contributed by atoms with Crippen molar-refractivity contribution in [3.63, 3.8) is 0 Å². The molecule has 2 unspecified atom stereocenters. The molecule has 0 spiro atoms. The van der Waals surface area contributed by atoms with E-state index in [1.165, 1.54) is 41.0 Å². The minimum Gasteiger partial charge on any atom is -0.355 e. The topological polar surface area (TPSA) is 68.1 Å². The summed E-state index contributed by atoms with van der Waals surface area (Å²) in [5.41, 5.74) is -3.16. The van der Waals surface area contributed by atoms with Crippen LogP contribution < -0.4 is 10.5 Å². The molecular formula is C21H20F4N4O2S. The number of aryl methyl sites for hydroxylation is 1. The molecule has 2 atom stereocenters. The number of fused-ring (bicyclic) bond motifs is 1. The summed E-state index contributed by atoms with van der Waals surface area (Å²) in [5.74, 6) is -0.832. The number of pyridine rings is 1. The number of hydrogen-bond acceptors (Lipinski definition) is 5. The van der Waals surface area contributed by atoms with Crippen LogP contribution in [0.25, 0.3) is 11.0 Å². The van der Waals surface area contributed by atoms with E-state index in [0.717, 1.165) is 6.07 Å². The lowest BCUT2D eigenvalue weighted by molar-refractivity contribution is 0.146. The van der Waals surface area contributed by atoms with Crippen molar-refractivity contribution < 1.29 is 21.8 Å². The Hall–Kier alpha value is -2.82. The van der Waals surface area contributed by atoms with Crippen LogP contribution in [0.1, 0.15) is 29.5 Å². The Morgan fingerprint density at radius 3 is 2.72 bits per heavy atom. The number of nitrogens with zero attached hydrogens (tertiary/aromatic N) is 4. The van der Waals surface area contributed by atoms with E-state index in [9.17, 15) is 22.2 Å². The summed E-state index contributed by atoms with van der Waals surface area (Å²) in [5, 5.41) is 0.340. The lowest BCUT2D eigenvalue weighted by Gasteiger charge is -2.23. The van der Waals surface area contributed by atoms with Crippen molar-refractivity contribution in [2.24, 2.45) is 7.05 Å². The van der Waals surface area contributed by atoms with Crippen molar-refractivity contribution in [1.82, 2.24) is 14.5 Å². The van der Waals surface area contributed by atoms with Gasteiger partial charge in [-0.1, -0.05) is 18.2 Å². The molecule has 1 saturated heterocycles. The second-order valence-corrected chi connectivity index (χ2v) is 9.41. The molecule has 0 amide bonds. The van der Waals surface area contributed by atoms with Crippen LogP contribution in [0.3, 0.4) is 0 Å². The van der Waals surface area contributed by atoms with E-state index >= 15 is 4.39 Å². The first-order valence-corrected chi connectivity index (χ1v) is 11.3. The molecule has 11 heteroatoms. The molecule has 32 heavy (non-hydrogen) atoms. The van der Waals surface area contributed by atoms with Gasteiger partial charge in [0.15, 0.2) is 5.67 Å². The predicted octanol–water partition coefficient (Wildman–Crippen LogP) is 3.36. The fourth-order valence-corrected chi connectivity index (χ4v) is 5.50. The van der Waals surface area contributed by atoms with Gasteiger partial charge in [0.2, 0.25) is 0 Å². The summed E-state index contributed by atoms with van der Waals surface area (Å²) in [7, 11) is 1.67. The Kier molecular flexibility index (Phi) is 5.78. The van der Waals surface area contributed by atoms with Gasteiger partial charge in [0.25, 0.3) is 12.0 Å². The molecule has 3 heterocycles. The van der Waals surface area contributed by atoms with Crippen LogP contribution >= 0.6 is 0 Å². The quantitative estimate of drug-likeness (QED) is 0.538. The molecule has 3 aromatic rings. The molecule has 1 fully saturated rings. The van der Waals surface area contributed by atoms with E-state index in [4.69, 9.17) is 0 Å². The van der Waals surface area contributed by atoms with Crippen LogP contribution in [0.2, 0.25) is 0 Å². The van der Waals surface area contributed by atoms with Crippen LogP contribution in [-0.2, 0) is 30.1 Å². The van der Waals surface area contributed by atoms with Gasteiger partial charge >= 0.3 is 0 Å². The van der Waals surface area contributed by atoms with Gasteiger partial charge in [0.05, 0.1) is 22.3 Å². The lowest BCUT2D eigenvalue weighted by Crippen LogP contribution is -2.33. The highest BCUT2D eigenvalue weighted by Crippen LogP contribution is 2.36. The molecule has 170 valence electrons. The highest BCUT2D eigenvalue weighted by atomic mass is 32.2. The first-order chi connectivity index (χ1) is 15.1. The number of benzene rings is 1. The van der Waals surface area contributed by atoms with Gasteiger partial charge in [-0.2, -0.15) is 0 Å². The summed E-state index contributed by atoms with van der Waals surface area (Å²) in [6.45, 7) is -0.0958. The van der Waals surface area contributed by atoms with E-state index < -0.39 is 39.8 Å². The van der Waals surface area contributed by atoms with Crippen LogP contribution in [0.15, 0.2) is 35.4 Å². The summed E-state index contributed by atoms with van der Waals surface area (Å²) in [6.07, 6.45) is -1.77. The Labute approximate surface area is 183 Å². The van der Waals surface area contributed by atoms with Gasteiger partial charge in [0.1, 0.15) is 23.6 Å². The van der Waals surface area contributed by atoms with Gasteiger partial charge in [0, 0.05) is 42.8 Å². The lowest BCUT2D eigenvalue weighted by atomic mass is 9.95. The average Bonchev–Trinajstić information content (AvgIpc) is 3.10. The Morgan fingerprint density at radius 1 is 1.31 bits per heavy atom. The predicted molar refractivity (Wildman–Crippen MR) is 114 cm³/mol. The fraction of sp³-hybridized carbons (Fsp3) is 0.381. The normalized spacial score (nSPS) is 20.9. The zero-order chi connectivity index (χ0) is 23.2. The fourth-order valence-electron chi connectivity index (χ4n) is 3.99. The standard InChI is InChI=1S/C21H20F4N4O2S/c1-28(9-12-4-3-5-13(16(12)22)17(23)24)18-14-8-15(21(25)6-7-32(31)10-21)20(30)29(2)19(14)27-11-26-18/h3-5,8,11,17H,6-7,9-10H2,1-2H3. The Morgan fingerprint density at radius 2 is 2.06 bits per heavy atom. The molecule has 0 N–H and O–H groups in total. The van der Waals surface area contributed by atoms with E-state index in [0.29, 0.717) is 5.39 Å². The zero-order valence-corrected chi connectivity index (χ0v) is 18.1. The van der Waals surface area contributed by atoms with Crippen molar-refractivity contribution in [3.8, 4) is 0 Å². The molecule has 4 rings (SSSR count).